The number of rotatable bonds is 7. The van der Waals surface area contributed by atoms with Crippen molar-refractivity contribution in [1.82, 2.24) is 0 Å². The van der Waals surface area contributed by atoms with Crippen LogP contribution in [0.25, 0.3) is 11.1 Å². The number of aliphatic hydroxyl groups is 1. The van der Waals surface area contributed by atoms with Gasteiger partial charge < -0.3 is 9.84 Å². The van der Waals surface area contributed by atoms with Gasteiger partial charge in [-0.2, -0.15) is 0 Å². The van der Waals surface area contributed by atoms with E-state index in [2.05, 4.69) is 37.3 Å². The molecule has 0 heterocycles. The molecule has 0 saturated carbocycles. The van der Waals surface area contributed by atoms with Crippen molar-refractivity contribution >= 4 is 0 Å². The van der Waals surface area contributed by atoms with Crippen molar-refractivity contribution in [2.75, 3.05) is 0 Å². The minimum Gasteiger partial charge on any atom is -0.489 e. The van der Waals surface area contributed by atoms with Gasteiger partial charge in [-0.3, -0.25) is 0 Å². The minimum absolute atomic E-state index is 0.0427. The lowest BCUT2D eigenvalue weighted by Gasteiger charge is -2.11. The molecule has 0 amide bonds. The average Bonchev–Trinajstić information content (AvgIpc) is 2.68. The molecule has 0 saturated heterocycles. The number of benzene rings is 3. The highest BCUT2D eigenvalue weighted by Gasteiger charge is 2.05. The van der Waals surface area contributed by atoms with Crippen molar-refractivity contribution in [2.45, 2.75) is 33.0 Å². The number of aliphatic hydroxyl groups excluding tert-OH is 1. The first kappa shape index (κ1) is 17.2. The van der Waals surface area contributed by atoms with Crippen LogP contribution in [0.15, 0.2) is 72.8 Å². The highest BCUT2D eigenvalue weighted by molar-refractivity contribution is 5.67. The second kappa shape index (κ2) is 8.50. The van der Waals surface area contributed by atoms with Gasteiger partial charge in [-0.25, -0.2) is 0 Å². The Morgan fingerprint density at radius 1 is 0.840 bits per heavy atom. The first-order valence-electron chi connectivity index (χ1n) is 8.80. The maximum Gasteiger partial charge on any atom is 0.119 e. The molecule has 3 aromatic rings. The van der Waals surface area contributed by atoms with Crippen LogP contribution in [0.3, 0.4) is 0 Å². The molecular weight excluding hydrogens is 308 g/mol. The molecule has 25 heavy (non-hydrogen) atoms. The quantitative estimate of drug-likeness (QED) is 0.629. The van der Waals surface area contributed by atoms with E-state index in [1.165, 1.54) is 5.56 Å². The van der Waals surface area contributed by atoms with E-state index in [0.717, 1.165) is 40.8 Å². The molecule has 0 radical (unpaired) electrons. The molecule has 2 nitrogen and oxygen atoms in total. The fourth-order valence-corrected chi connectivity index (χ4v) is 2.98. The van der Waals surface area contributed by atoms with E-state index in [1.807, 2.05) is 42.5 Å². The number of aryl methyl sites for hydroxylation is 1. The summed E-state index contributed by atoms with van der Waals surface area (Å²) in [4.78, 5) is 0. The molecule has 3 aromatic carbocycles. The lowest BCUT2D eigenvalue weighted by molar-refractivity contribution is 0.282. The molecule has 3 rings (SSSR count). The van der Waals surface area contributed by atoms with E-state index in [-0.39, 0.29) is 6.61 Å². The summed E-state index contributed by atoms with van der Waals surface area (Å²) in [5.74, 6) is 0.890. The van der Waals surface area contributed by atoms with Crippen molar-refractivity contribution in [3.63, 3.8) is 0 Å². The lowest BCUT2D eigenvalue weighted by atomic mass is 9.98. The highest BCUT2D eigenvalue weighted by Crippen LogP contribution is 2.25. The molecule has 0 fully saturated rings. The normalized spacial score (nSPS) is 10.6. The van der Waals surface area contributed by atoms with Gasteiger partial charge in [-0.1, -0.05) is 67.9 Å². The summed E-state index contributed by atoms with van der Waals surface area (Å²) < 4.78 is 5.92. The Morgan fingerprint density at radius 2 is 1.64 bits per heavy atom. The van der Waals surface area contributed by atoms with Gasteiger partial charge in [0, 0.05) is 0 Å². The topological polar surface area (TPSA) is 29.5 Å². The lowest BCUT2D eigenvalue weighted by Crippen LogP contribution is -1.96. The van der Waals surface area contributed by atoms with Gasteiger partial charge in [0.25, 0.3) is 0 Å². The van der Waals surface area contributed by atoms with E-state index in [1.54, 1.807) is 0 Å². The minimum atomic E-state index is 0.0427. The second-order valence-corrected chi connectivity index (χ2v) is 6.20. The molecule has 0 aliphatic carbocycles. The Labute approximate surface area is 149 Å². The van der Waals surface area contributed by atoms with Gasteiger partial charge in [0.2, 0.25) is 0 Å². The molecule has 0 atom stereocenters. The molecule has 0 aromatic heterocycles. The Hall–Kier alpha value is -2.58. The summed E-state index contributed by atoms with van der Waals surface area (Å²) in [5, 5.41) is 9.54. The molecule has 0 aliphatic heterocycles. The molecule has 0 aliphatic rings. The fourth-order valence-electron chi connectivity index (χ4n) is 2.98. The van der Waals surface area contributed by atoms with Crippen molar-refractivity contribution in [3.05, 3.63) is 89.5 Å². The molecule has 0 bridgehead atoms. The molecule has 2 heteroatoms. The van der Waals surface area contributed by atoms with Gasteiger partial charge >= 0.3 is 0 Å². The Morgan fingerprint density at radius 3 is 2.40 bits per heavy atom. The van der Waals surface area contributed by atoms with E-state index in [4.69, 9.17) is 4.74 Å². The maximum absolute atomic E-state index is 9.54. The fraction of sp³-hybridized carbons (Fsp3) is 0.217. The molecule has 1 N–H and O–H groups in total. The molecule has 128 valence electrons. The summed E-state index contributed by atoms with van der Waals surface area (Å²) in [5.41, 5.74) is 5.56. The monoisotopic (exact) mass is 332 g/mol. The zero-order chi connectivity index (χ0) is 17.5. The zero-order valence-corrected chi connectivity index (χ0v) is 14.6. The van der Waals surface area contributed by atoms with Crippen LogP contribution in [0.4, 0.5) is 0 Å². The highest BCUT2D eigenvalue weighted by atomic mass is 16.5. The van der Waals surface area contributed by atoms with Crippen LogP contribution < -0.4 is 4.74 Å². The van der Waals surface area contributed by atoms with Gasteiger partial charge in [-0.15, -0.1) is 0 Å². The van der Waals surface area contributed by atoms with Crippen LogP contribution in [-0.4, -0.2) is 5.11 Å². The second-order valence-electron chi connectivity index (χ2n) is 6.20. The standard InChI is InChI=1S/C23H24O2/c1-2-6-18-11-13-22(14-12-18)25-17-19-7-5-9-20(15-19)23-10-4-3-8-21(23)16-24/h3-5,7-15,24H,2,6,16-17H2,1H3. The Kier molecular flexibility index (Phi) is 5.86. The number of ether oxygens (including phenoxy) is 1. The summed E-state index contributed by atoms with van der Waals surface area (Å²) in [6.07, 6.45) is 2.26. The van der Waals surface area contributed by atoms with Crippen molar-refractivity contribution < 1.29 is 9.84 Å². The van der Waals surface area contributed by atoms with E-state index < -0.39 is 0 Å². The van der Waals surface area contributed by atoms with Gasteiger partial charge in [-0.05, 0) is 52.4 Å². The van der Waals surface area contributed by atoms with Crippen LogP contribution in [0, 0.1) is 0 Å². The van der Waals surface area contributed by atoms with E-state index in [0.29, 0.717) is 6.61 Å². The third-order valence-corrected chi connectivity index (χ3v) is 4.29. The predicted molar refractivity (Wildman–Crippen MR) is 103 cm³/mol. The van der Waals surface area contributed by atoms with Crippen molar-refractivity contribution in [3.8, 4) is 16.9 Å². The zero-order valence-electron chi connectivity index (χ0n) is 14.6. The third kappa shape index (κ3) is 4.49. The maximum atomic E-state index is 9.54. The predicted octanol–water partition coefficient (Wildman–Crippen LogP) is 5.38. The van der Waals surface area contributed by atoms with Crippen LogP contribution in [0.5, 0.6) is 5.75 Å². The first-order chi connectivity index (χ1) is 12.3. The summed E-state index contributed by atoms with van der Waals surface area (Å²) >= 11 is 0. The number of hydrogen-bond acceptors (Lipinski definition) is 2. The molecule has 0 unspecified atom stereocenters. The SMILES string of the molecule is CCCc1ccc(OCc2cccc(-c3ccccc3CO)c2)cc1. The third-order valence-electron chi connectivity index (χ3n) is 4.29. The van der Waals surface area contributed by atoms with E-state index in [9.17, 15) is 5.11 Å². The van der Waals surface area contributed by atoms with Gasteiger partial charge in [0.1, 0.15) is 12.4 Å². The Bertz CT molecular complexity index is 806. The number of hydrogen-bond donors (Lipinski definition) is 1. The van der Waals surface area contributed by atoms with Crippen LogP contribution in [0.2, 0.25) is 0 Å². The van der Waals surface area contributed by atoms with Crippen LogP contribution in [0.1, 0.15) is 30.0 Å². The largest absolute Gasteiger partial charge is 0.489 e. The average molecular weight is 332 g/mol. The van der Waals surface area contributed by atoms with Crippen molar-refractivity contribution in [2.24, 2.45) is 0 Å². The van der Waals surface area contributed by atoms with Gasteiger partial charge in [0.05, 0.1) is 6.61 Å². The summed E-state index contributed by atoms with van der Waals surface area (Å²) in [6, 6.07) is 24.6. The summed E-state index contributed by atoms with van der Waals surface area (Å²) in [6.45, 7) is 2.76. The van der Waals surface area contributed by atoms with Crippen LogP contribution in [-0.2, 0) is 19.6 Å². The van der Waals surface area contributed by atoms with E-state index >= 15 is 0 Å². The Balaban J connectivity index is 1.71. The molecule has 0 spiro atoms. The van der Waals surface area contributed by atoms with Crippen LogP contribution >= 0.6 is 0 Å². The molecular formula is C23H24O2. The first-order valence-corrected chi connectivity index (χ1v) is 8.80. The summed E-state index contributed by atoms with van der Waals surface area (Å²) in [7, 11) is 0. The van der Waals surface area contributed by atoms with Crippen molar-refractivity contribution in [1.29, 1.82) is 0 Å². The van der Waals surface area contributed by atoms with Gasteiger partial charge in [0.15, 0.2) is 0 Å². The smallest absolute Gasteiger partial charge is 0.119 e.